The van der Waals surface area contributed by atoms with Gasteiger partial charge in [-0.15, -0.1) is 0 Å². The van der Waals surface area contributed by atoms with E-state index >= 15 is 0 Å². The normalized spacial score (nSPS) is 16.3. The van der Waals surface area contributed by atoms with E-state index in [0.717, 1.165) is 12.1 Å². The summed E-state index contributed by atoms with van der Waals surface area (Å²) in [5.74, 6) is -0.233. The lowest BCUT2D eigenvalue weighted by Crippen LogP contribution is -2.36. The molecule has 1 aromatic rings. The Balaban J connectivity index is 2.20. The van der Waals surface area contributed by atoms with E-state index in [2.05, 4.69) is 5.32 Å². The average Bonchev–Trinajstić information content (AvgIpc) is 2.87. The second-order valence-corrected chi connectivity index (χ2v) is 4.62. The van der Waals surface area contributed by atoms with Gasteiger partial charge in [0.25, 0.3) is 5.91 Å². The number of carbonyl (C=O) groups is 2. The third-order valence-electron chi connectivity index (χ3n) is 3.32. The van der Waals surface area contributed by atoms with Crippen LogP contribution in [0.25, 0.3) is 0 Å². The highest BCUT2D eigenvalue weighted by molar-refractivity contribution is 6.03. The molecule has 1 fully saturated rings. The molecule has 1 atom stereocenters. The number of nitrogens with zero attached hydrogens (tertiary/aromatic N) is 1. The summed E-state index contributed by atoms with van der Waals surface area (Å²) in [6.45, 7) is 0.781. The summed E-state index contributed by atoms with van der Waals surface area (Å²) in [6, 6.07) is 7.24. The van der Waals surface area contributed by atoms with E-state index in [9.17, 15) is 9.59 Å². The maximum absolute atomic E-state index is 12.0. The van der Waals surface area contributed by atoms with Gasteiger partial charge in [0.05, 0.1) is 11.4 Å². The van der Waals surface area contributed by atoms with Gasteiger partial charge in [0.1, 0.15) is 6.10 Å². The summed E-state index contributed by atoms with van der Waals surface area (Å²) >= 11 is 0. The molecule has 6 heteroatoms. The Morgan fingerprint density at radius 1 is 1.50 bits per heavy atom. The summed E-state index contributed by atoms with van der Waals surface area (Å²) in [6.07, 6.45) is 0.688. The van der Waals surface area contributed by atoms with Crippen LogP contribution in [0.5, 0.6) is 0 Å². The lowest BCUT2D eigenvalue weighted by atomic mass is 10.2. The summed E-state index contributed by atoms with van der Waals surface area (Å²) in [5.41, 5.74) is 6.79. The Morgan fingerprint density at radius 3 is 2.85 bits per heavy atom. The second-order valence-electron chi connectivity index (χ2n) is 4.62. The van der Waals surface area contributed by atoms with Crippen molar-refractivity contribution in [2.45, 2.75) is 18.9 Å². The van der Waals surface area contributed by atoms with Gasteiger partial charge in [0.2, 0.25) is 5.91 Å². The van der Waals surface area contributed by atoms with E-state index in [-0.39, 0.29) is 18.4 Å². The van der Waals surface area contributed by atoms with E-state index in [0.29, 0.717) is 18.7 Å². The third kappa shape index (κ3) is 2.97. The molecule has 0 radical (unpaired) electrons. The number of methoxy groups -OCH3 is 1. The molecule has 0 aliphatic carbocycles. The van der Waals surface area contributed by atoms with Crippen molar-refractivity contribution in [1.29, 1.82) is 0 Å². The first-order valence-electron chi connectivity index (χ1n) is 6.60. The van der Waals surface area contributed by atoms with Gasteiger partial charge in [0.15, 0.2) is 0 Å². The van der Waals surface area contributed by atoms with Crippen LogP contribution >= 0.6 is 0 Å². The minimum absolute atomic E-state index is 0.0776. The molecule has 3 N–H and O–H groups in total. The van der Waals surface area contributed by atoms with Crippen LogP contribution in [0.2, 0.25) is 0 Å². The zero-order valence-corrected chi connectivity index (χ0v) is 11.5. The van der Waals surface area contributed by atoms with Crippen molar-refractivity contribution in [2.24, 2.45) is 5.73 Å². The minimum atomic E-state index is -0.697. The number of rotatable bonds is 5. The molecule has 108 valence electrons. The number of hydrogen-bond donors (Lipinski definition) is 2. The van der Waals surface area contributed by atoms with Gasteiger partial charge >= 0.3 is 0 Å². The lowest BCUT2D eigenvalue weighted by Gasteiger charge is -2.21. The van der Waals surface area contributed by atoms with Crippen molar-refractivity contribution in [3.8, 4) is 0 Å². The fraction of sp³-hybridized carbons (Fsp3) is 0.429. The molecule has 0 bridgehead atoms. The van der Waals surface area contributed by atoms with Crippen LogP contribution in [0.4, 0.5) is 11.4 Å². The van der Waals surface area contributed by atoms with Gasteiger partial charge in [-0.3, -0.25) is 9.59 Å². The van der Waals surface area contributed by atoms with E-state index in [1.54, 1.807) is 11.0 Å². The molecule has 0 aromatic heterocycles. The number of amides is 2. The monoisotopic (exact) mass is 277 g/mol. The van der Waals surface area contributed by atoms with Gasteiger partial charge in [-0.2, -0.15) is 0 Å². The second kappa shape index (κ2) is 6.49. The topological polar surface area (TPSA) is 84.7 Å². The van der Waals surface area contributed by atoms with Crippen molar-refractivity contribution in [3.05, 3.63) is 24.3 Å². The van der Waals surface area contributed by atoms with Crippen LogP contribution in [0.1, 0.15) is 12.8 Å². The predicted molar refractivity (Wildman–Crippen MR) is 76.5 cm³/mol. The number of para-hydroxylation sites is 2. The molecule has 0 saturated carbocycles. The smallest absolute Gasteiger partial charge is 0.254 e. The molecule has 1 heterocycles. The van der Waals surface area contributed by atoms with E-state index in [4.69, 9.17) is 10.5 Å². The molecule has 1 unspecified atom stereocenters. The fourth-order valence-electron chi connectivity index (χ4n) is 2.24. The SMILES string of the molecule is COC(CN)C(=O)Nc1ccccc1N1CCCC1=O. The van der Waals surface area contributed by atoms with Crippen LogP contribution < -0.4 is 16.0 Å². The molecule has 1 aliphatic rings. The quantitative estimate of drug-likeness (QED) is 0.830. The maximum atomic E-state index is 12.0. The largest absolute Gasteiger partial charge is 0.370 e. The Morgan fingerprint density at radius 2 is 2.25 bits per heavy atom. The van der Waals surface area contributed by atoms with Crippen molar-refractivity contribution >= 4 is 23.2 Å². The first-order chi connectivity index (χ1) is 9.67. The van der Waals surface area contributed by atoms with Crippen LogP contribution in [0.15, 0.2) is 24.3 Å². The number of ether oxygens (including phenoxy) is 1. The number of hydrogen-bond acceptors (Lipinski definition) is 4. The van der Waals surface area contributed by atoms with Crippen LogP contribution in [0, 0.1) is 0 Å². The first-order valence-corrected chi connectivity index (χ1v) is 6.60. The predicted octanol–water partition coefficient (Wildman–Crippen LogP) is 0.726. The summed E-state index contributed by atoms with van der Waals surface area (Å²) < 4.78 is 5.00. The third-order valence-corrected chi connectivity index (χ3v) is 3.32. The highest BCUT2D eigenvalue weighted by Gasteiger charge is 2.25. The Hall–Kier alpha value is -1.92. The molecule has 1 saturated heterocycles. The van der Waals surface area contributed by atoms with Crippen molar-refractivity contribution < 1.29 is 14.3 Å². The molecule has 1 aromatic carbocycles. The Labute approximate surface area is 117 Å². The van der Waals surface area contributed by atoms with E-state index in [1.165, 1.54) is 7.11 Å². The molecule has 1 aliphatic heterocycles. The van der Waals surface area contributed by atoms with Crippen LogP contribution in [-0.4, -0.2) is 38.1 Å². The highest BCUT2D eigenvalue weighted by Crippen LogP contribution is 2.29. The standard InChI is InChI=1S/C14H19N3O3/c1-20-12(9-15)14(19)16-10-5-2-3-6-11(10)17-8-4-7-13(17)18/h2-3,5-6,12H,4,7-9,15H2,1H3,(H,16,19). The van der Waals surface area contributed by atoms with Crippen molar-refractivity contribution in [3.63, 3.8) is 0 Å². The Bertz CT molecular complexity index is 500. The first kappa shape index (κ1) is 14.5. The summed E-state index contributed by atoms with van der Waals surface area (Å²) in [5, 5.41) is 2.77. The summed E-state index contributed by atoms with van der Waals surface area (Å²) in [4.78, 5) is 25.5. The Kier molecular flexibility index (Phi) is 4.70. The van der Waals surface area contributed by atoms with Gasteiger partial charge in [-0.1, -0.05) is 12.1 Å². The van der Waals surface area contributed by atoms with Gasteiger partial charge < -0.3 is 20.7 Å². The molecule has 2 amide bonds. The van der Waals surface area contributed by atoms with Gasteiger partial charge in [-0.25, -0.2) is 0 Å². The number of carbonyl (C=O) groups excluding carboxylic acids is 2. The molecule has 2 rings (SSSR count). The zero-order chi connectivity index (χ0) is 14.5. The molecule has 20 heavy (non-hydrogen) atoms. The van der Waals surface area contributed by atoms with E-state index < -0.39 is 6.10 Å². The fourth-order valence-corrected chi connectivity index (χ4v) is 2.24. The maximum Gasteiger partial charge on any atom is 0.254 e. The van der Waals surface area contributed by atoms with Crippen LogP contribution in [-0.2, 0) is 14.3 Å². The van der Waals surface area contributed by atoms with E-state index in [1.807, 2.05) is 18.2 Å². The molecule has 6 nitrogen and oxygen atoms in total. The summed E-state index contributed by atoms with van der Waals surface area (Å²) in [7, 11) is 1.44. The number of benzene rings is 1. The minimum Gasteiger partial charge on any atom is -0.370 e. The average molecular weight is 277 g/mol. The number of nitrogens with two attached hydrogens (primary N) is 1. The molecule has 0 spiro atoms. The number of anilines is 2. The molecular formula is C14H19N3O3. The zero-order valence-electron chi connectivity index (χ0n) is 11.5. The van der Waals surface area contributed by atoms with Gasteiger partial charge in [-0.05, 0) is 18.6 Å². The number of nitrogens with one attached hydrogen (secondary N) is 1. The van der Waals surface area contributed by atoms with Crippen molar-refractivity contribution in [1.82, 2.24) is 0 Å². The highest BCUT2D eigenvalue weighted by atomic mass is 16.5. The molecular weight excluding hydrogens is 258 g/mol. The van der Waals surface area contributed by atoms with Gasteiger partial charge in [0, 0.05) is 26.6 Å². The van der Waals surface area contributed by atoms with Crippen LogP contribution in [0.3, 0.4) is 0 Å². The lowest BCUT2D eigenvalue weighted by molar-refractivity contribution is -0.125. The van der Waals surface area contributed by atoms with Crippen molar-refractivity contribution in [2.75, 3.05) is 30.4 Å².